The molecule has 124 valence electrons. The van der Waals surface area contributed by atoms with E-state index in [1.54, 1.807) is 14.1 Å². The number of para-hydroxylation sites is 1. The summed E-state index contributed by atoms with van der Waals surface area (Å²) in [5.41, 5.74) is 3.10. The van der Waals surface area contributed by atoms with Crippen LogP contribution in [0.1, 0.15) is 23.3 Å². The van der Waals surface area contributed by atoms with Gasteiger partial charge in [-0.2, -0.15) is 0 Å². The highest BCUT2D eigenvalue weighted by molar-refractivity contribution is 6.14. The molecule has 2 heterocycles. The Labute approximate surface area is 139 Å². The lowest BCUT2D eigenvalue weighted by Gasteiger charge is -2.15. The molecule has 0 aliphatic heterocycles. The first-order valence-electron chi connectivity index (χ1n) is 8.10. The van der Waals surface area contributed by atoms with Gasteiger partial charge in [0.25, 0.3) is 5.91 Å². The van der Waals surface area contributed by atoms with Gasteiger partial charge in [-0.3, -0.25) is 9.36 Å². The van der Waals surface area contributed by atoms with Gasteiger partial charge in [-0.1, -0.05) is 18.2 Å². The molecule has 6 heteroatoms. The monoisotopic (exact) mass is 324 g/mol. The molecule has 6 nitrogen and oxygen atoms in total. The smallest absolute Gasteiger partial charge is 0.328 e. The van der Waals surface area contributed by atoms with E-state index in [2.05, 4.69) is 5.32 Å². The molecule has 1 aromatic carbocycles. The number of carbonyl (C=O) groups is 2. The highest BCUT2D eigenvalue weighted by atomic mass is 16.2. The van der Waals surface area contributed by atoms with Crippen LogP contribution in [0.3, 0.4) is 0 Å². The van der Waals surface area contributed by atoms with Gasteiger partial charge in [0.05, 0.1) is 16.6 Å². The van der Waals surface area contributed by atoms with Crippen LogP contribution >= 0.6 is 0 Å². The number of fused-ring (bicyclic) bond motifs is 3. The summed E-state index contributed by atoms with van der Waals surface area (Å²) >= 11 is 0. The molecular weight excluding hydrogens is 304 g/mol. The van der Waals surface area contributed by atoms with Crippen molar-refractivity contribution in [2.24, 2.45) is 7.05 Å². The van der Waals surface area contributed by atoms with Crippen LogP contribution in [0.2, 0.25) is 0 Å². The zero-order valence-electron chi connectivity index (χ0n) is 14.0. The summed E-state index contributed by atoms with van der Waals surface area (Å²) in [5, 5.41) is 3.95. The number of carbonyl (C=O) groups excluding carboxylic acids is 2. The van der Waals surface area contributed by atoms with Crippen molar-refractivity contribution in [2.45, 2.75) is 18.9 Å². The summed E-state index contributed by atoms with van der Waals surface area (Å²) in [4.78, 5) is 26.9. The minimum atomic E-state index is -0.220. The first-order valence-corrected chi connectivity index (χ1v) is 8.10. The van der Waals surface area contributed by atoms with Gasteiger partial charge in [-0.15, -0.1) is 0 Å². The lowest BCUT2D eigenvalue weighted by molar-refractivity contribution is 0.0942. The fraction of sp³-hybridized carbons (Fsp3) is 0.333. The van der Waals surface area contributed by atoms with Gasteiger partial charge in [0.2, 0.25) is 0 Å². The fourth-order valence-electron chi connectivity index (χ4n) is 3.16. The molecule has 0 atom stereocenters. The van der Waals surface area contributed by atoms with Crippen molar-refractivity contribution < 1.29 is 9.59 Å². The van der Waals surface area contributed by atoms with Crippen LogP contribution in [-0.2, 0) is 7.05 Å². The third-order valence-electron chi connectivity index (χ3n) is 4.58. The number of nitrogens with zero attached hydrogens (tertiary/aromatic N) is 3. The summed E-state index contributed by atoms with van der Waals surface area (Å²) in [6.45, 7) is 0. The molecule has 1 saturated carbocycles. The van der Waals surface area contributed by atoms with E-state index in [1.807, 2.05) is 41.9 Å². The second kappa shape index (κ2) is 5.12. The molecule has 0 bridgehead atoms. The van der Waals surface area contributed by atoms with E-state index in [9.17, 15) is 9.59 Å². The zero-order valence-corrected chi connectivity index (χ0v) is 14.0. The highest BCUT2D eigenvalue weighted by Crippen LogP contribution is 2.31. The van der Waals surface area contributed by atoms with Crippen LogP contribution in [0, 0.1) is 0 Å². The molecule has 0 saturated heterocycles. The van der Waals surface area contributed by atoms with Crippen LogP contribution in [0.15, 0.2) is 30.3 Å². The second-order valence-electron chi connectivity index (χ2n) is 6.60. The summed E-state index contributed by atoms with van der Waals surface area (Å²) in [7, 11) is 5.35. The van der Waals surface area contributed by atoms with E-state index in [0.717, 1.165) is 34.8 Å². The third kappa shape index (κ3) is 2.10. The zero-order chi connectivity index (χ0) is 17.0. The average molecular weight is 324 g/mol. The van der Waals surface area contributed by atoms with Crippen LogP contribution in [0.4, 0.5) is 4.79 Å². The molecule has 0 radical (unpaired) electrons. The second-order valence-corrected chi connectivity index (χ2v) is 6.60. The van der Waals surface area contributed by atoms with Crippen molar-refractivity contribution in [3.8, 4) is 0 Å². The van der Waals surface area contributed by atoms with Gasteiger partial charge in [-0.25, -0.2) is 4.79 Å². The molecule has 4 rings (SSSR count). The minimum absolute atomic E-state index is 0.187. The van der Waals surface area contributed by atoms with Crippen molar-refractivity contribution in [3.63, 3.8) is 0 Å². The number of amides is 2. The Morgan fingerprint density at radius 1 is 1.17 bits per heavy atom. The maximum absolute atomic E-state index is 12.8. The van der Waals surface area contributed by atoms with E-state index in [1.165, 1.54) is 9.47 Å². The average Bonchev–Trinajstić information content (AvgIpc) is 3.22. The van der Waals surface area contributed by atoms with Gasteiger partial charge in [0.15, 0.2) is 0 Å². The van der Waals surface area contributed by atoms with E-state index < -0.39 is 0 Å². The Morgan fingerprint density at radius 2 is 1.88 bits per heavy atom. The maximum atomic E-state index is 12.8. The molecule has 1 fully saturated rings. The van der Waals surface area contributed by atoms with E-state index in [-0.39, 0.29) is 18.0 Å². The number of nitrogens with one attached hydrogen (secondary N) is 1. The largest absolute Gasteiger partial charge is 0.348 e. The first kappa shape index (κ1) is 14.8. The molecular formula is C18H20N4O2. The number of rotatable bonds is 2. The standard InChI is InChI=1S/C18H20N4O2/c1-20(2)18(24)22-15(17(23)19-11-8-9-11)10-14-16(22)12-6-4-5-7-13(12)21(14)3/h4-7,10-11H,8-9H2,1-3H3,(H,19,23). The van der Waals surface area contributed by atoms with Crippen molar-refractivity contribution >= 4 is 33.9 Å². The summed E-state index contributed by atoms with van der Waals surface area (Å²) in [5.74, 6) is -0.187. The van der Waals surface area contributed by atoms with Gasteiger partial charge < -0.3 is 14.8 Å². The van der Waals surface area contributed by atoms with Gasteiger partial charge >= 0.3 is 6.03 Å². The first-order chi connectivity index (χ1) is 11.5. The molecule has 2 amide bonds. The molecule has 3 aromatic rings. The van der Waals surface area contributed by atoms with E-state index in [4.69, 9.17) is 0 Å². The normalized spacial score (nSPS) is 14.3. The summed E-state index contributed by atoms with van der Waals surface area (Å²) < 4.78 is 3.56. The van der Waals surface area contributed by atoms with Crippen molar-refractivity contribution in [1.29, 1.82) is 0 Å². The highest BCUT2D eigenvalue weighted by Gasteiger charge is 2.29. The number of aryl methyl sites for hydroxylation is 1. The van der Waals surface area contributed by atoms with Crippen molar-refractivity contribution in [3.05, 3.63) is 36.0 Å². The predicted molar refractivity (Wildman–Crippen MR) is 93.4 cm³/mol. The van der Waals surface area contributed by atoms with Gasteiger partial charge in [0, 0.05) is 32.6 Å². The predicted octanol–water partition coefficient (Wildman–Crippen LogP) is 2.55. The number of hydrogen-bond acceptors (Lipinski definition) is 2. The quantitative estimate of drug-likeness (QED) is 0.787. The van der Waals surface area contributed by atoms with Crippen molar-refractivity contribution in [2.75, 3.05) is 14.1 Å². The topological polar surface area (TPSA) is 59.3 Å². The van der Waals surface area contributed by atoms with Crippen LogP contribution in [0.25, 0.3) is 21.9 Å². The lowest BCUT2D eigenvalue weighted by Crippen LogP contribution is -2.33. The van der Waals surface area contributed by atoms with Crippen LogP contribution in [0.5, 0.6) is 0 Å². The number of hydrogen-bond donors (Lipinski definition) is 1. The van der Waals surface area contributed by atoms with Crippen LogP contribution < -0.4 is 5.32 Å². The Bertz CT molecular complexity index is 976. The third-order valence-corrected chi connectivity index (χ3v) is 4.58. The molecule has 1 aliphatic carbocycles. The van der Waals surface area contributed by atoms with Crippen LogP contribution in [-0.4, -0.2) is 46.1 Å². The maximum Gasteiger partial charge on any atom is 0.328 e. The number of benzene rings is 1. The fourth-order valence-corrected chi connectivity index (χ4v) is 3.16. The van der Waals surface area contributed by atoms with Gasteiger partial charge in [-0.05, 0) is 25.0 Å². The van der Waals surface area contributed by atoms with Gasteiger partial charge in [0.1, 0.15) is 5.69 Å². The minimum Gasteiger partial charge on any atom is -0.348 e. The van der Waals surface area contributed by atoms with Crippen molar-refractivity contribution in [1.82, 2.24) is 19.4 Å². The van der Waals surface area contributed by atoms with E-state index >= 15 is 0 Å². The molecule has 0 unspecified atom stereocenters. The number of aromatic nitrogens is 2. The molecule has 1 N–H and O–H groups in total. The molecule has 24 heavy (non-hydrogen) atoms. The summed E-state index contributed by atoms with van der Waals surface area (Å²) in [6.07, 6.45) is 2.02. The SMILES string of the molecule is CN(C)C(=O)n1c(C(=O)NC2CC2)cc2c1c1ccccc1n2C. The Hall–Kier alpha value is -2.76. The summed E-state index contributed by atoms with van der Waals surface area (Å²) in [6, 6.07) is 9.76. The Kier molecular flexibility index (Phi) is 3.16. The Balaban J connectivity index is 2.01. The molecule has 0 spiro atoms. The lowest BCUT2D eigenvalue weighted by atomic mass is 10.2. The molecule has 2 aromatic heterocycles. The molecule has 1 aliphatic rings. The Morgan fingerprint density at radius 3 is 2.54 bits per heavy atom. The van der Waals surface area contributed by atoms with E-state index in [0.29, 0.717) is 5.69 Å².